The zero-order chi connectivity index (χ0) is 15.0. The molecular weight excluding hydrogens is 262 g/mol. The van der Waals surface area contributed by atoms with Crippen LogP contribution >= 0.6 is 0 Å². The van der Waals surface area contributed by atoms with Crippen molar-refractivity contribution in [2.45, 2.75) is 12.6 Å². The van der Waals surface area contributed by atoms with Gasteiger partial charge in [0.2, 0.25) is 0 Å². The highest BCUT2D eigenvalue weighted by atomic mass is 16.5. The largest absolute Gasteiger partial charge is 0.496 e. The number of aliphatic hydroxyl groups is 1. The third-order valence-corrected chi connectivity index (χ3v) is 2.85. The van der Waals surface area contributed by atoms with Crippen LogP contribution in [-0.4, -0.2) is 49.6 Å². The molecule has 0 bridgehead atoms. The minimum absolute atomic E-state index is 0.0317. The van der Waals surface area contributed by atoms with Gasteiger partial charge in [-0.05, 0) is 18.2 Å². The van der Waals surface area contributed by atoms with Crippen LogP contribution in [0.15, 0.2) is 23.4 Å². The Morgan fingerprint density at radius 3 is 2.75 bits per heavy atom. The molecule has 0 aliphatic heterocycles. The zero-order valence-electron chi connectivity index (χ0n) is 11.7. The van der Waals surface area contributed by atoms with Gasteiger partial charge in [-0.3, -0.25) is 0 Å². The van der Waals surface area contributed by atoms with Crippen molar-refractivity contribution in [1.29, 1.82) is 0 Å². The van der Waals surface area contributed by atoms with Gasteiger partial charge in [0.15, 0.2) is 5.84 Å². The van der Waals surface area contributed by atoms with Crippen molar-refractivity contribution in [2.24, 2.45) is 10.9 Å². The molecule has 1 aromatic rings. The lowest BCUT2D eigenvalue weighted by Crippen LogP contribution is -2.36. The van der Waals surface area contributed by atoms with Gasteiger partial charge in [-0.15, -0.1) is 0 Å². The van der Waals surface area contributed by atoms with Crippen LogP contribution in [0.1, 0.15) is 11.1 Å². The van der Waals surface area contributed by atoms with Crippen LogP contribution in [0.25, 0.3) is 0 Å². The number of hydrogen-bond acceptors (Lipinski definition) is 6. The number of amidine groups is 1. The van der Waals surface area contributed by atoms with Gasteiger partial charge in [-0.2, -0.15) is 0 Å². The van der Waals surface area contributed by atoms with Crippen LogP contribution in [-0.2, 0) is 11.3 Å². The van der Waals surface area contributed by atoms with E-state index in [0.29, 0.717) is 24.5 Å². The minimum atomic E-state index is -0.169. The quantitative estimate of drug-likeness (QED) is 0.229. The number of nitrogens with zero attached hydrogens (tertiary/aromatic N) is 1. The summed E-state index contributed by atoms with van der Waals surface area (Å²) in [5.41, 5.74) is 7.00. The summed E-state index contributed by atoms with van der Waals surface area (Å²) in [5, 5.41) is 24.0. The van der Waals surface area contributed by atoms with Gasteiger partial charge < -0.3 is 30.8 Å². The molecule has 1 atom stereocenters. The summed E-state index contributed by atoms with van der Waals surface area (Å²) < 4.78 is 10.3. The van der Waals surface area contributed by atoms with E-state index in [9.17, 15) is 5.11 Å². The number of ether oxygens (including phenoxy) is 2. The maximum absolute atomic E-state index is 9.20. The molecule has 112 valence electrons. The Labute approximate surface area is 118 Å². The monoisotopic (exact) mass is 283 g/mol. The molecule has 7 nitrogen and oxygen atoms in total. The smallest absolute Gasteiger partial charge is 0.170 e. The van der Waals surface area contributed by atoms with Crippen LogP contribution in [0.5, 0.6) is 5.75 Å². The summed E-state index contributed by atoms with van der Waals surface area (Å²) in [7, 11) is 3.14. The Morgan fingerprint density at radius 2 is 2.20 bits per heavy atom. The highest BCUT2D eigenvalue weighted by Gasteiger charge is 2.10. The van der Waals surface area contributed by atoms with Crippen LogP contribution < -0.4 is 15.8 Å². The Bertz CT molecular complexity index is 451. The molecule has 0 fully saturated rings. The Kier molecular flexibility index (Phi) is 6.78. The van der Waals surface area contributed by atoms with Crippen LogP contribution in [0, 0.1) is 0 Å². The maximum atomic E-state index is 9.20. The van der Waals surface area contributed by atoms with E-state index in [0.717, 1.165) is 5.56 Å². The lowest BCUT2D eigenvalue weighted by atomic mass is 10.1. The Hall–Kier alpha value is -1.83. The molecule has 0 heterocycles. The minimum Gasteiger partial charge on any atom is -0.496 e. The van der Waals surface area contributed by atoms with Gasteiger partial charge in [0.05, 0.1) is 26.4 Å². The molecule has 1 unspecified atom stereocenters. The second-order valence-electron chi connectivity index (χ2n) is 4.23. The summed E-state index contributed by atoms with van der Waals surface area (Å²) in [5.74, 6) is 0.714. The third kappa shape index (κ3) is 4.37. The number of aliphatic hydroxyl groups excluding tert-OH is 1. The number of hydrogen-bond donors (Lipinski definition) is 4. The molecule has 0 aliphatic rings. The second-order valence-corrected chi connectivity index (χ2v) is 4.23. The SMILES string of the molecule is COCC(CO)NCc1cc(/C(N)=N/O)ccc1OC. The lowest BCUT2D eigenvalue weighted by molar-refractivity contribution is 0.128. The summed E-state index contributed by atoms with van der Waals surface area (Å²) in [6, 6.07) is 5.05. The first-order valence-electron chi connectivity index (χ1n) is 6.14. The van der Waals surface area contributed by atoms with Crippen molar-refractivity contribution in [3.8, 4) is 5.75 Å². The van der Waals surface area contributed by atoms with E-state index in [-0.39, 0.29) is 18.5 Å². The fraction of sp³-hybridized carbons (Fsp3) is 0.462. The summed E-state index contributed by atoms with van der Waals surface area (Å²) in [4.78, 5) is 0. The average Bonchev–Trinajstić information content (AvgIpc) is 2.50. The molecule has 0 saturated carbocycles. The molecule has 5 N–H and O–H groups in total. The predicted molar refractivity (Wildman–Crippen MR) is 75.1 cm³/mol. The number of oxime groups is 1. The maximum Gasteiger partial charge on any atom is 0.170 e. The van der Waals surface area contributed by atoms with Gasteiger partial charge in [-0.1, -0.05) is 5.16 Å². The van der Waals surface area contributed by atoms with E-state index < -0.39 is 0 Å². The first-order chi connectivity index (χ1) is 9.65. The zero-order valence-corrected chi connectivity index (χ0v) is 11.7. The van der Waals surface area contributed by atoms with E-state index >= 15 is 0 Å². The summed E-state index contributed by atoms with van der Waals surface area (Å²) in [6.45, 7) is 0.832. The third-order valence-electron chi connectivity index (χ3n) is 2.85. The topological polar surface area (TPSA) is 109 Å². The highest BCUT2D eigenvalue weighted by molar-refractivity contribution is 5.97. The fourth-order valence-corrected chi connectivity index (χ4v) is 1.77. The lowest BCUT2D eigenvalue weighted by Gasteiger charge is -2.17. The number of rotatable bonds is 8. The molecule has 1 aromatic carbocycles. The first kappa shape index (κ1) is 16.2. The van der Waals surface area contributed by atoms with Crippen molar-refractivity contribution in [3.05, 3.63) is 29.3 Å². The molecule has 0 aliphatic carbocycles. The number of benzene rings is 1. The molecule has 20 heavy (non-hydrogen) atoms. The molecule has 0 saturated heterocycles. The average molecular weight is 283 g/mol. The Morgan fingerprint density at radius 1 is 1.45 bits per heavy atom. The van der Waals surface area contributed by atoms with E-state index in [1.54, 1.807) is 32.4 Å². The number of nitrogens with one attached hydrogen (secondary N) is 1. The van der Waals surface area contributed by atoms with Crippen LogP contribution in [0.3, 0.4) is 0 Å². The van der Waals surface area contributed by atoms with Gasteiger partial charge in [0.25, 0.3) is 0 Å². The van der Waals surface area contributed by atoms with Crippen molar-refractivity contribution in [1.82, 2.24) is 5.32 Å². The first-order valence-corrected chi connectivity index (χ1v) is 6.14. The molecular formula is C13H21N3O4. The summed E-state index contributed by atoms with van der Waals surface area (Å²) in [6.07, 6.45) is 0. The second kappa shape index (κ2) is 8.36. The van der Waals surface area contributed by atoms with Crippen LogP contribution in [0.4, 0.5) is 0 Å². The van der Waals surface area contributed by atoms with E-state index in [1.165, 1.54) is 0 Å². The standard InChI is InChI=1S/C13H21N3O4/c1-19-8-11(7-17)15-6-10-5-9(13(14)16-18)3-4-12(10)20-2/h3-5,11,15,17-18H,6-8H2,1-2H3,(H2,14,16). The number of methoxy groups -OCH3 is 2. The number of nitrogens with two attached hydrogens (primary N) is 1. The Balaban J connectivity index is 2.85. The van der Waals surface area contributed by atoms with Crippen LogP contribution in [0.2, 0.25) is 0 Å². The molecule has 0 radical (unpaired) electrons. The van der Waals surface area contributed by atoms with Crippen molar-refractivity contribution >= 4 is 5.84 Å². The highest BCUT2D eigenvalue weighted by Crippen LogP contribution is 2.20. The molecule has 0 amide bonds. The van der Waals surface area contributed by atoms with Gasteiger partial charge in [0, 0.05) is 24.8 Å². The molecule has 0 aromatic heterocycles. The van der Waals surface area contributed by atoms with Gasteiger partial charge in [0.1, 0.15) is 5.75 Å². The molecule has 7 heteroatoms. The van der Waals surface area contributed by atoms with E-state index in [1.807, 2.05) is 0 Å². The van der Waals surface area contributed by atoms with E-state index in [4.69, 9.17) is 20.4 Å². The van der Waals surface area contributed by atoms with Crippen molar-refractivity contribution < 1.29 is 19.8 Å². The van der Waals surface area contributed by atoms with Gasteiger partial charge >= 0.3 is 0 Å². The molecule has 1 rings (SSSR count). The van der Waals surface area contributed by atoms with Crippen molar-refractivity contribution in [2.75, 3.05) is 27.4 Å². The van der Waals surface area contributed by atoms with Gasteiger partial charge in [-0.25, -0.2) is 0 Å². The van der Waals surface area contributed by atoms with E-state index in [2.05, 4.69) is 10.5 Å². The fourth-order valence-electron chi connectivity index (χ4n) is 1.77. The summed E-state index contributed by atoms with van der Waals surface area (Å²) >= 11 is 0. The normalized spacial score (nSPS) is 13.2. The predicted octanol–water partition coefficient (Wildman–Crippen LogP) is -0.113. The molecule has 0 spiro atoms. The van der Waals surface area contributed by atoms with Crippen molar-refractivity contribution in [3.63, 3.8) is 0 Å².